The summed E-state index contributed by atoms with van der Waals surface area (Å²) in [7, 11) is 0. The van der Waals surface area contributed by atoms with E-state index in [9.17, 15) is 4.79 Å². The van der Waals surface area contributed by atoms with Crippen LogP contribution in [0.5, 0.6) is 11.8 Å². The van der Waals surface area contributed by atoms with Gasteiger partial charge in [0.2, 0.25) is 17.7 Å². The van der Waals surface area contributed by atoms with E-state index in [0.29, 0.717) is 17.6 Å². The zero-order valence-electron chi connectivity index (χ0n) is 14.8. The predicted octanol–water partition coefficient (Wildman–Crippen LogP) is 3.23. The molecule has 2 N–H and O–H groups in total. The minimum Gasteiger partial charge on any atom is -0.421 e. The van der Waals surface area contributed by atoms with E-state index >= 15 is 0 Å². The number of hydrogen-bond acceptors (Lipinski definition) is 5. The molecule has 0 aliphatic heterocycles. The summed E-state index contributed by atoms with van der Waals surface area (Å²) in [5.74, 6) is 1.05. The summed E-state index contributed by atoms with van der Waals surface area (Å²) in [6.07, 6.45) is 2.49. The number of aryl methyl sites for hydroxylation is 2. The number of primary amides is 1. The maximum Gasteiger partial charge on any atom is 0.225 e. The minimum atomic E-state index is -0.397. The van der Waals surface area contributed by atoms with Crippen LogP contribution in [0.3, 0.4) is 0 Å². The van der Waals surface area contributed by atoms with Crippen LogP contribution < -0.4 is 10.5 Å². The van der Waals surface area contributed by atoms with E-state index in [0.717, 1.165) is 28.8 Å². The van der Waals surface area contributed by atoms with Crippen LogP contribution in [0.15, 0.2) is 48.7 Å². The molecule has 0 unspecified atom stereocenters. The van der Waals surface area contributed by atoms with Crippen LogP contribution in [0, 0.1) is 6.92 Å². The summed E-state index contributed by atoms with van der Waals surface area (Å²) in [5, 5.41) is 0. The van der Waals surface area contributed by atoms with Crippen LogP contribution in [0.1, 0.15) is 23.7 Å². The second kappa shape index (κ2) is 7.74. The van der Waals surface area contributed by atoms with E-state index in [4.69, 9.17) is 10.5 Å². The predicted molar refractivity (Wildman–Crippen MR) is 98.8 cm³/mol. The molecule has 26 heavy (non-hydrogen) atoms. The highest BCUT2D eigenvalue weighted by Crippen LogP contribution is 2.23. The van der Waals surface area contributed by atoms with Crippen LogP contribution in [0.25, 0.3) is 11.4 Å². The summed E-state index contributed by atoms with van der Waals surface area (Å²) in [5.41, 5.74) is 8.89. The van der Waals surface area contributed by atoms with Gasteiger partial charge in [0, 0.05) is 29.6 Å². The Morgan fingerprint density at radius 1 is 1.12 bits per heavy atom. The van der Waals surface area contributed by atoms with Gasteiger partial charge in [-0.05, 0) is 25.0 Å². The molecule has 132 valence electrons. The lowest BCUT2D eigenvalue weighted by Gasteiger charge is -2.09. The van der Waals surface area contributed by atoms with Crippen molar-refractivity contribution in [2.24, 2.45) is 5.73 Å². The number of amides is 1. The van der Waals surface area contributed by atoms with E-state index in [1.807, 2.05) is 38.1 Å². The van der Waals surface area contributed by atoms with E-state index in [-0.39, 0.29) is 6.42 Å². The highest BCUT2D eigenvalue weighted by atomic mass is 16.5. The number of nitrogens with zero attached hydrogens (tertiary/aromatic N) is 3. The second-order valence-electron chi connectivity index (χ2n) is 5.99. The third-order valence-electron chi connectivity index (χ3n) is 3.78. The normalized spacial score (nSPS) is 10.5. The first-order valence-electron chi connectivity index (χ1n) is 8.39. The lowest BCUT2D eigenvalue weighted by atomic mass is 10.1. The Hall–Kier alpha value is -3.28. The van der Waals surface area contributed by atoms with Gasteiger partial charge in [0.1, 0.15) is 0 Å². The van der Waals surface area contributed by atoms with Crippen LogP contribution in [0.2, 0.25) is 0 Å². The number of carbonyl (C=O) groups is 1. The van der Waals surface area contributed by atoms with Gasteiger partial charge in [0.15, 0.2) is 5.82 Å². The van der Waals surface area contributed by atoms with Gasteiger partial charge in [0.25, 0.3) is 0 Å². The molecule has 0 saturated heterocycles. The Morgan fingerprint density at radius 2 is 1.96 bits per heavy atom. The number of pyridine rings is 1. The molecule has 0 atom stereocenters. The smallest absolute Gasteiger partial charge is 0.225 e. The number of hydrogen-bond donors (Lipinski definition) is 1. The molecule has 2 aromatic heterocycles. The average molecular weight is 348 g/mol. The molecule has 0 aliphatic rings. The van der Waals surface area contributed by atoms with Crippen molar-refractivity contribution in [3.8, 4) is 23.1 Å². The van der Waals surface area contributed by atoms with Crippen molar-refractivity contribution in [3.63, 3.8) is 0 Å². The van der Waals surface area contributed by atoms with Crippen molar-refractivity contribution in [3.05, 3.63) is 65.5 Å². The number of benzene rings is 1. The largest absolute Gasteiger partial charge is 0.421 e. The van der Waals surface area contributed by atoms with Crippen LogP contribution in [-0.2, 0) is 17.6 Å². The molecule has 3 rings (SSSR count). The van der Waals surface area contributed by atoms with E-state index in [1.165, 1.54) is 0 Å². The van der Waals surface area contributed by atoms with Gasteiger partial charge >= 0.3 is 0 Å². The number of ether oxygens (including phenoxy) is 1. The first kappa shape index (κ1) is 17.5. The maximum absolute atomic E-state index is 11.0. The van der Waals surface area contributed by atoms with Crippen molar-refractivity contribution in [1.29, 1.82) is 0 Å². The molecule has 1 aromatic carbocycles. The van der Waals surface area contributed by atoms with Gasteiger partial charge in [-0.25, -0.2) is 9.97 Å². The maximum atomic E-state index is 11.0. The first-order valence-corrected chi connectivity index (χ1v) is 8.39. The first-order chi connectivity index (χ1) is 12.5. The Bertz CT molecular complexity index is 923. The molecule has 6 heteroatoms. The van der Waals surface area contributed by atoms with Gasteiger partial charge in [-0.1, -0.05) is 36.8 Å². The van der Waals surface area contributed by atoms with Gasteiger partial charge in [0.05, 0.1) is 6.42 Å². The molecule has 3 aromatic rings. The highest BCUT2D eigenvalue weighted by Gasteiger charge is 2.09. The summed E-state index contributed by atoms with van der Waals surface area (Å²) in [4.78, 5) is 24.3. The van der Waals surface area contributed by atoms with Crippen molar-refractivity contribution in [2.75, 3.05) is 0 Å². The summed E-state index contributed by atoms with van der Waals surface area (Å²) < 4.78 is 5.79. The Kier molecular flexibility index (Phi) is 5.22. The summed E-state index contributed by atoms with van der Waals surface area (Å²) in [6, 6.07) is 13.3. The average Bonchev–Trinajstić information content (AvgIpc) is 2.62. The fraction of sp³-hybridized carbons (Fsp3) is 0.200. The van der Waals surface area contributed by atoms with Crippen LogP contribution in [0.4, 0.5) is 0 Å². The summed E-state index contributed by atoms with van der Waals surface area (Å²) in [6.45, 7) is 4.06. The monoisotopic (exact) mass is 348 g/mol. The molecular weight excluding hydrogens is 328 g/mol. The molecule has 0 fully saturated rings. The van der Waals surface area contributed by atoms with E-state index < -0.39 is 5.91 Å². The zero-order chi connectivity index (χ0) is 18.5. The number of rotatable bonds is 6. The van der Waals surface area contributed by atoms with Crippen LogP contribution >= 0.6 is 0 Å². The molecule has 0 aliphatic carbocycles. The molecule has 0 bridgehead atoms. The van der Waals surface area contributed by atoms with Crippen molar-refractivity contribution < 1.29 is 9.53 Å². The Labute approximate surface area is 152 Å². The van der Waals surface area contributed by atoms with Crippen molar-refractivity contribution in [1.82, 2.24) is 15.0 Å². The third kappa shape index (κ3) is 4.42. The van der Waals surface area contributed by atoms with Gasteiger partial charge < -0.3 is 10.5 Å². The standard InChI is InChI=1S/C20H20N4O2/c1-3-16-11-19(24-20(23-16)15-6-4-5-13(2)9-15)26-18-8-7-14(12-22-18)10-17(21)25/h4-9,11-12H,3,10H2,1-2H3,(H2,21,25). The number of nitrogens with two attached hydrogens (primary N) is 1. The van der Waals surface area contributed by atoms with Crippen molar-refractivity contribution >= 4 is 5.91 Å². The molecular formula is C20H20N4O2. The number of aromatic nitrogens is 3. The molecule has 0 radical (unpaired) electrons. The summed E-state index contributed by atoms with van der Waals surface area (Å²) >= 11 is 0. The lowest BCUT2D eigenvalue weighted by molar-refractivity contribution is -0.117. The van der Waals surface area contributed by atoms with Crippen LogP contribution in [-0.4, -0.2) is 20.9 Å². The highest BCUT2D eigenvalue weighted by molar-refractivity contribution is 5.76. The third-order valence-corrected chi connectivity index (χ3v) is 3.78. The van der Waals surface area contributed by atoms with Gasteiger partial charge in [-0.15, -0.1) is 0 Å². The SMILES string of the molecule is CCc1cc(Oc2ccc(CC(N)=O)cn2)nc(-c2cccc(C)c2)n1. The van der Waals surface area contributed by atoms with Gasteiger partial charge in [-0.2, -0.15) is 4.98 Å². The lowest BCUT2D eigenvalue weighted by Crippen LogP contribution is -2.13. The second-order valence-corrected chi connectivity index (χ2v) is 5.99. The fourth-order valence-corrected chi connectivity index (χ4v) is 2.50. The molecule has 6 nitrogen and oxygen atoms in total. The molecule has 1 amide bonds. The Morgan fingerprint density at radius 3 is 2.62 bits per heavy atom. The minimum absolute atomic E-state index is 0.151. The van der Waals surface area contributed by atoms with E-state index in [1.54, 1.807) is 24.4 Å². The Balaban J connectivity index is 1.87. The van der Waals surface area contributed by atoms with Crippen molar-refractivity contribution in [2.45, 2.75) is 26.7 Å². The molecule has 0 spiro atoms. The molecule has 0 saturated carbocycles. The molecule has 2 heterocycles. The number of carbonyl (C=O) groups excluding carboxylic acids is 1. The fourth-order valence-electron chi connectivity index (χ4n) is 2.50. The topological polar surface area (TPSA) is 91.0 Å². The zero-order valence-corrected chi connectivity index (χ0v) is 14.8. The van der Waals surface area contributed by atoms with E-state index in [2.05, 4.69) is 15.0 Å². The quantitative estimate of drug-likeness (QED) is 0.738. The van der Waals surface area contributed by atoms with Gasteiger partial charge in [-0.3, -0.25) is 4.79 Å².